The highest BCUT2D eigenvalue weighted by Gasteiger charge is 2.02. The van der Waals surface area contributed by atoms with Crippen molar-refractivity contribution in [3.63, 3.8) is 0 Å². The van der Waals surface area contributed by atoms with E-state index in [4.69, 9.17) is 4.42 Å². The molecule has 6 heteroatoms. The molecule has 80 valence electrons. The van der Waals surface area contributed by atoms with Crippen molar-refractivity contribution in [1.29, 1.82) is 0 Å². The van der Waals surface area contributed by atoms with Gasteiger partial charge in [-0.15, -0.1) is 5.10 Å². The molecule has 0 bridgehead atoms. The zero-order valence-electron chi connectivity index (χ0n) is 8.77. The predicted octanol–water partition coefficient (Wildman–Crippen LogP) is 0.401. The van der Waals surface area contributed by atoms with Gasteiger partial charge in [-0.25, -0.2) is 4.98 Å². The molecule has 2 heterocycles. The number of oxazole rings is 1. The summed E-state index contributed by atoms with van der Waals surface area (Å²) in [6, 6.07) is 0. The Labute approximate surface area is 87.3 Å². The molecule has 0 aliphatic carbocycles. The lowest BCUT2D eigenvalue weighted by molar-refractivity contribution is 0.446. The fourth-order valence-electron chi connectivity index (χ4n) is 1.25. The van der Waals surface area contributed by atoms with Crippen LogP contribution in [0.1, 0.15) is 17.3 Å². The first-order chi connectivity index (χ1) is 7.25. The van der Waals surface area contributed by atoms with Crippen molar-refractivity contribution >= 4 is 0 Å². The maximum Gasteiger partial charge on any atom is 0.208 e. The zero-order chi connectivity index (χ0) is 10.7. The summed E-state index contributed by atoms with van der Waals surface area (Å²) in [5.74, 6) is 1.52. The summed E-state index contributed by atoms with van der Waals surface area (Å²) in [5.41, 5.74) is 1.03. The number of aromatic nitrogens is 4. The Kier molecular flexibility index (Phi) is 2.77. The van der Waals surface area contributed by atoms with Crippen LogP contribution < -0.4 is 5.32 Å². The first-order valence-corrected chi connectivity index (χ1v) is 4.71. The third-order valence-corrected chi connectivity index (χ3v) is 2.06. The predicted molar refractivity (Wildman–Crippen MR) is 52.8 cm³/mol. The molecule has 2 aromatic heterocycles. The number of nitrogens with zero attached hydrogens (tertiary/aromatic N) is 4. The highest BCUT2D eigenvalue weighted by atomic mass is 16.4. The molecule has 0 aliphatic heterocycles. The molecular formula is C9H13N5O. The second-order valence-corrected chi connectivity index (χ2v) is 3.32. The average Bonchev–Trinajstić information content (AvgIpc) is 2.77. The topological polar surface area (TPSA) is 68.8 Å². The number of hydrogen-bond acceptors (Lipinski definition) is 5. The Morgan fingerprint density at radius 2 is 2.27 bits per heavy atom. The Balaban J connectivity index is 1.83. The fraction of sp³-hybridized carbons (Fsp3) is 0.444. The lowest BCUT2D eigenvalue weighted by Crippen LogP contribution is -2.15. The summed E-state index contributed by atoms with van der Waals surface area (Å²) >= 11 is 0. The van der Waals surface area contributed by atoms with Gasteiger partial charge in [-0.3, -0.25) is 4.68 Å². The molecule has 15 heavy (non-hydrogen) atoms. The molecule has 1 N–H and O–H groups in total. The van der Waals surface area contributed by atoms with Crippen molar-refractivity contribution in [3.05, 3.63) is 29.7 Å². The monoisotopic (exact) mass is 207 g/mol. The minimum absolute atomic E-state index is 0.610. The molecule has 0 saturated carbocycles. The van der Waals surface area contributed by atoms with E-state index < -0.39 is 0 Å². The van der Waals surface area contributed by atoms with Crippen LogP contribution in [0.4, 0.5) is 0 Å². The SMILES string of the molecule is Cc1cnc(CNCc2cnnn2C)o1. The summed E-state index contributed by atoms with van der Waals surface area (Å²) in [4.78, 5) is 4.09. The number of aryl methyl sites for hydroxylation is 2. The van der Waals surface area contributed by atoms with Gasteiger partial charge >= 0.3 is 0 Å². The normalized spacial score (nSPS) is 10.8. The third-order valence-electron chi connectivity index (χ3n) is 2.06. The van der Waals surface area contributed by atoms with Crippen LogP contribution in [0.5, 0.6) is 0 Å². The minimum Gasteiger partial charge on any atom is -0.445 e. The van der Waals surface area contributed by atoms with E-state index in [0.717, 1.165) is 11.5 Å². The Hall–Kier alpha value is -1.69. The summed E-state index contributed by atoms with van der Waals surface area (Å²) in [5, 5.41) is 10.8. The number of hydrogen-bond donors (Lipinski definition) is 1. The Morgan fingerprint density at radius 3 is 2.87 bits per heavy atom. The summed E-state index contributed by atoms with van der Waals surface area (Å²) in [6.45, 7) is 3.19. The number of rotatable bonds is 4. The minimum atomic E-state index is 0.610. The van der Waals surface area contributed by atoms with Crippen LogP contribution >= 0.6 is 0 Å². The molecule has 0 saturated heterocycles. The Bertz CT molecular complexity index is 433. The molecule has 0 unspecified atom stereocenters. The van der Waals surface area contributed by atoms with Crippen molar-refractivity contribution in [3.8, 4) is 0 Å². The van der Waals surface area contributed by atoms with Gasteiger partial charge < -0.3 is 9.73 Å². The molecule has 0 atom stereocenters. The van der Waals surface area contributed by atoms with E-state index >= 15 is 0 Å². The third kappa shape index (κ3) is 2.41. The van der Waals surface area contributed by atoms with Gasteiger partial charge in [0.1, 0.15) is 5.76 Å². The summed E-state index contributed by atoms with van der Waals surface area (Å²) in [7, 11) is 1.86. The summed E-state index contributed by atoms with van der Waals surface area (Å²) < 4.78 is 7.05. The molecule has 0 aromatic carbocycles. The van der Waals surface area contributed by atoms with Crippen molar-refractivity contribution in [2.75, 3.05) is 0 Å². The fourth-order valence-corrected chi connectivity index (χ4v) is 1.25. The molecule has 0 fully saturated rings. The second kappa shape index (κ2) is 4.22. The highest BCUT2D eigenvalue weighted by Crippen LogP contribution is 2.01. The first-order valence-electron chi connectivity index (χ1n) is 4.71. The number of nitrogens with one attached hydrogen (secondary N) is 1. The quantitative estimate of drug-likeness (QED) is 0.786. The average molecular weight is 207 g/mol. The zero-order valence-corrected chi connectivity index (χ0v) is 8.77. The van der Waals surface area contributed by atoms with Crippen molar-refractivity contribution in [2.45, 2.75) is 20.0 Å². The van der Waals surface area contributed by atoms with E-state index in [2.05, 4.69) is 20.6 Å². The van der Waals surface area contributed by atoms with Crippen LogP contribution in [0.2, 0.25) is 0 Å². The summed E-state index contributed by atoms with van der Waals surface area (Å²) in [6.07, 6.45) is 3.44. The molecule has 0 spiro atoms. The van der Waals surface area contributed by atoms with Gasteiger partial charge in [-0.05, 0) is 6.92 Å². The first kappa shape index (κ1) is 9.85. The van der Waals surface area contributed by atoms with E-state index in [1.807, 2.05) is 14.0 Å². The standard InChI is InChI=1S/C9H13N5O/c1-7-3-11-9(15-7)6-10-4-8-5-12-13-14(8)2/h3,5,10H,4,6H2,1-2H3. The maximum atomic E-state index is 5.32. The second-order valence-electron chi connectivity index (χ2n) is 3.32. The highest BCUT2D eigenvalue weighted by molar-refractivity contribution is 4.94. The molecule has 0 radical (unpaired) electrons. The van der Waals surface area contributed by atoms with Gasteiger partial charge in [-0.1, -0.05) is 5.21 Å². The van der Waals surface area contributed by atoms with Crippen LogP contribution in [0, 0.1) is 6.92 Å². The molecule has 2 rings (SSSR count). The van der Waals surface area contributed by atoms with Crippen molar-refractivity contribution in [2.24, 2.45) is 7.05 Å². The van der Waals surface area contributed by atoms with Gasteiger partial charge in [0.15, 0.2) is 0 Å². The van der Waals surface area contributed by atoms with Gasteiger partial charge in [0, 0.05) is 13.6 Å². The maximum absolute atomic E-state index is 5.32. The van der Waals surface area contributed by atoms with Gasteiger partial charge in [-0.2, -0.15) is 0 Å². The van der Waals surface area contributed by atoms with E-state index in [-0.39, 0.29) is 0 Å². The van der Waals surface area contributed by atoms with Crippen LogP contribution in [-0.4, -0.2) is 20.0 Å². The van der Waals surface area contributed by atoms with Crippen LogP contribution in [-0.2, 0) is 20.1 Å². The molecule has 6 nitrogen and oxygen atoms in total. The Morgan fingerprint density at radius 1 is 1.40 bits per heavy atom. The lowest BCUT2D eigenvalue weighted by atomic mass is 10.4. The van der Waals surface area contributed by atoms with E-state index in [9.17, 15) is 0 Å². The van der Waals surface area contributed by atoms with Crippen molar-refractivity contribution in [1.82, 2.24) is 25.3 Å². The van der Waals surface area contributed by atoms with E-state index in [1.165, 1.54) is 0 Å². The van der Waals surface area contributed by atoms with Crippen molar-refractivity contribution < 1.29 is 4.42 Å². The molecule has 0 amide bonds. The van der Waals surface area contributed by atoms with Gasteiger partial charge in [0.25, 0.3) is 0 Å². The van der Waals surface area contributed by atoms with Crippen LogP contribution in [0.3, 0.4) is 0 Å². The van der Waals surface area contributed by atoms with Crippen LogP contribution in [0.15, 0.2) is 16.8 Å². The largest absolute Gasteiger partial charge is 0.445 e. The molecule has 2 aromatic rings. The van der Waals surface area contributed by atoms with Gasteiger partial charge in [0.2, 0.25) is 5.89 Å². The molecular weight excluding hydrogens is 194 g/mol. The van der Waals surface area contributed by atoms with E-state index in [0.29, 0.717) is 19.0 Å². The smallest absolute Gasteiger partial charge is 0.208 e. The van der Waals surface area contributed by atoms with Crippen LogP contribution in [0.25, 0.3) is 0 Å². The lowest BCUT2D eigenvalue weighted by Gasteiger charge is -2.01. The van der Waals surface area contributed by atoms with E-state index in [1.54, 1.807) is 17.1 Å². The molecule has 0 aliphatic rings. The van der Waals surface area contributed by atoms with Gasteiger partial charge in [0.05, 0.1) is 24.6 Å².